The summed E-state index contributed by atoms with van der Waals surface area (Å²) in [6, 6.07) is -1.15. The van der Waals surface area contributed by atoms with Crippen molar-refractivity contribution in [2.45, 2.75) is 57.5 Å². The van der Waals surface area contributed by atoms with Crippen molar-refractivity contribution >= 4 is 11.8 Å². The van der Waals surface area contributed by atoms with Crippen LogP contribution < -0.4 is 5.32 Å². The molecule has 0 aromatic heterocycles. The summed E-state index contributed by atoms with van der Waals surface area (Å²) in [4.78, 5) is 24.7. The predicted octanol–water partition coefficient (Wildman–Crippen LogP) is 1.79. The van der Waals surface area contributed by atoms with Crippen molar-refractivity contribution in [3.63, 3.8) is 0 Å². The Morgan fingerprint density at radius 2 is 1.90 bits per heavy atom. The monoisotopic (exact) mass is 298 g/mol. The third-order valence-corrected chi connectivity index (χ3v) is 3.61. The van der Waals surface area contributed by atoms with E-state index in [1.807, 2.05) is 0 Å². The highest BCUT2D eigenvalue weighted by Crippen LogP contribution is 2.29. The Labute approximate surface area is 114 Å². The second-order valence-electron chi connectivity index (χ2n) is 5.09. The molecule has 1 rings (SSSR count). The van der Waals surface area contributed by atoms with Gasteiger partial charge in [-0.05, 0) is 19.8 Å². The van der Waals surface area contributed by atoms with Crippen molar-refractivity contribution in [1.29, 1.82) is 0 Å². The number of nitrogens with one attached hydrogen (secondary N) is 1. The van der Waals surface area contributed by atoms with Crippen LogP contribution in [0.4, 0.5) is 17.6 Å². The lowest BCUT2D eigenvalue weighted by atomic mass is 9.91. The Morgan fingerprint density at radius 3 is 2.30 bits per heavy atom. The Hall–Kier alpha value is -1.34. The molecule has 0 spiro atoms. The molecule has 0 aromatic carbocycles. The summed E-state index contributed by atoms with van der Waals surface area (Å²) in [7, 11) is 0. The predicted molar refractivity (Wildman–Crippen MR) is 63.6 cm³/mol. The highest BCUT2D eigenvalue weighted by Gasteiger charge is 2.52. The van der Waals surface area contributed by atoms with E-state index in [-0.39, 0.29) is 12.8 Å². The van der Waals surface area contributed by atoms with Gasteiger partial charge < -0.3 is 10.2 Å². The molecule has 1 N–H and O–H groups in total. The van der Waals surface area contributed by atoms with Crippen LogP contribution >= 0.6 is 0 Å². The molecule has 0 aromatic rings. The summed E-state index contributed by atoms with van der Waals surface area (Å²) in [5.41, 5.74) is -1.33. The van der Waals surface area contributed by atoms with E-state index < -0.39 is 42.3 Å². The number of carbonyl (C=O) groups excluding carboxylic acids is 2. The summed E-state index contributed by atoms with van der Waals surface area (Å²) < 4.78 is 51.1. The zero-order valence-electron chi connectivity index (χ0n) is 11.6. The average molecular weight is 298 g/mol. The van der Waals surface area contributed by atoms with Gasteiger partial charge in [-0.2, -0.15) is 8.78 Å². The Kier molecular flexibility index (Phi) is 4.66. The lowest BCUT2D eigenvalue weighted by molar-refractivity contribution is -0.174. The van der Waals surface area contributed by atoms with Crippen LogP contribution in [0.5, 0.6) is 0 Å². The van der Waals surface area contributed by atoms with Crippen LogP contribution in [0.3, 0.4) is 0 Å². The smallest absolute Gasteiger partial charge is 0.324 e. The Balaban J connectivity index is 3.10. The molecule has 2 amide bonds. The first-order valence-electron chi connectivity index (χ1n) is 6.38. The van der Waals surface area contributed by atoms with E-state index in [0.29, 0.717) is 4.90 Å². The number of nitrogens with zero attached hydrogens (tertiary/aromatic N) is 1. The summed E-state index contributed by atoms with van der Waals surface area (Å²) in [5.74, 6) is -5.69. The molecule has 0 saturated carbocycles. The van der Waals surface area contributed by atoms with Crippen molar-refractivity contribution in [3.8, 4) is 0 Å². The SMILES string of the molecule is CCC1C(=O)NC(C)(CC)C(=O)N1CC(F)(F)C(F)F. The fourth-order valence-corrected chi connectivity index (χ4v) is 2.13. The highest BCUT2D eigenvalue weighted by molar-refractivity contribution is 5.99. The maximum absolute atomic E-state index is 13.2. The van der Waals surface area contributed by atoms with E-state index >= 15 is 0 Å². The number of carbonyl (C=O) groups is 2. The van der Waals surface area contributed by atoms with Crippen molar-refractivity contribution in [2.75, 3.05) is 6.54 Å². The van der Waals surface area contributed by atoms with E-state index in [9.17, 15) is 27.2 Å². The van der Waals surface area contributed by atoms with E-state index in [0.717, 1.165) is 0 Å². The number of amides is 2. The van der Waals surface area contributed by atoms with Crippen LogP contribution in [-0.4, -0.2) is 47.2 Å². The molecular formula is C12H18F4N2O2. The molecule has 1 aliphatic rings. The lowest BCUT2D eigenvalue weighted by Crippen LogP contribution is -2.70. The van der Waals surface area contributed by atoms with Gasteiger partial charge >= 0.3 is 12.3 Å². The number of alkyl halides is 4. The van der Waals surface area contributed by atoms with Crippen LogP contribution in [0.25, 0.3) is 0 Å². The average Bonchev–Trinajstić information content (AvgIpc) is 2.35. The number of rotatable bonds is 5. The molecule has 8 heteroatoms. The number of hydrogen-bond acceptors (Lipinski definition) is 2. The zero-order valence-corrected chi connectivity index (χ0v) is 11.6. The van der Waals surface area contributed by atoms with Gasteiger partial charge in [-0.3, -0.25) is 9.59 Å². The molecule has 1 saturated heterocycles. The number of piperazine rings is 1. The minimum atomic E-state index is -4.34. The third-order valence-electron chi connectivity index (χ3n) is 3.61. The highest BCUT2D eigenvalue weighted by atomic mass is 19.3. The Morgan fingerprint density at radius 1 is 1.35 bits per heavy atom. The van der Waals surface area contributed by atoms with Crippen molar-refractivity contribution in [1.82, 2.24) is 10.2 Å². The van der Waals surface area contributed by atoms with Gasteiger partial charge in [-0.25, -0.2) is 8.78 Å². The summed E-state index contributed by atoms with van der Waals surface area (Å²) in [5, 5.41) is 2.48. The largest absolute Gasteiger partial charge is 0.340 e. The molecule has 4 nitrogen and oxygen atoms in total. The molecule has 2 atom stereocenters. The molecule has 1 fully saturated rings. The second-order valence-corrected chi connectivity index (χ2v) is 5.09. The van der Waals surface area contributed by atoms with Gasteiger partial charge in [0.2, 0.25) is 11.8 Å². The van der Waals surface area contributed by atoms with Crippen molar-refractivity contribution < 1.29 is 27.2 Å². The van der Waals surface area contributed by atoms with Crippen LogP contribution in [-0.2, 0) is 9.59 Å². The van der Waals surface area contributed by atoms with Crippen LogP contribution in [0.2, 0.25) is 0 Å². The van der Waals surface area contributed by atoms with Crippen molar-refractivity contribution in [3.05, 3.63) is 0 Å². The summed E-state index contributed by atoms with van der Waals surface area (Å²) >= 11 is 0. The van der Waals surface area contributed by atoms with Crippen LogP contribution in [0.1, 0.15) is 33.6 Å². The van der Waals surface area contributed by atoms with Gasteiger partial charge in [-0.15, -0.1) is 0 Å². The first-order chi connectivity index (χ1) is 9.09. The lowest BCUT2D eigenvalue weighted by Gasteiger charge is -2.44. The second kappa shape index (κ2) is 5.57. The maximum atomic E-state index is 13.2. The fraction of sp³-hybridized carbons (Fsp3) is 0.833. The molecule has 0 aliphatic carbocycles. The molecular weight excluding hydrogens is 280 g/mol. The normalized spacial score (nSPS) is 28.0. The van der Waals surface area contributed by atoms with Crippen LogP contribution in [0.15, 0.2) is 0 Å². The number of halogens is 4. The van der Waals surface area contributed by atoms with Gasteiger partial charge in [-0.1, -0.05) is 13.8 Å². The first kappa shape index (κ1) is 16.7. The van der Waals surface area contributed by atoms with E-state index in [4.69, 9.17) is 0 Å². The van der Waals surface area contributed by atoms with E-state index in [1.165, 1.54) is 13.8 Å². The molecule has 0 bridgehead atoms. The van der Waals surface area contributed by atoms with Gasteiger partial charge in [0.1, 0.15) is 11.6 Å². The summed E-state index contributed by atoms with van der Waals surface area (Å²) in [6.07, 6.45) is -3.62. The van der Waals surface area contributed by atoms with Gasteiger partial charge in [0.25, 0.3) is 0 Å². The zero-order chi connectivity index (χ0) is 15.7. The maximum Gasteiger partial charge on any atom is 0.324 e. The van der Waals surface area contributed by atoms with Gasteiger partial charge in [0, 0.05) is 0 Å². The third kappa shape index (κ3) is 2.88. The minimum absolute atomic E-state index is 0.0800. The van der Waals surface area contributed by atoms with Crippen LogP contribution in [0, 0.1) is 0 Å². The standard InChI is InChI=1S/C12H18F4N2O2/c1-4-7-8(19)17-11(3,5-2)10(20)18(7)6-12(15,16)9(13)14/h7,9H,4-6H2,1-3H3,(H,17,19). The van der Waals surface area contributed by atoms with E-state index in [2.05, 4.69) is 5.32 Å². The van der Waals surface area contributed by atoms with Crippen molar-refractivity contribution in [2.24, 2.45) is 0 Å². The number of hydrogen-bond donors (Lipinski definition) is 1. The molecule has 1 aliphatic heterocycles. The Bertz CT molecular complexity index is 403. The molecule has 2 unspecified atom stereocenters. The summed E-state index contributed by atoms with van der Waals surface area (Å²) in [6.45, 7) is 3.07. The van der Waals surface area contributed by atoms with E-state index in [1.54, 1.807) is 6.92 Å². The molecule has 0 radical (unpaired) electrons. The molecule has 1 heterocycles. The molecule has 20 heavy (non-hydrogen) atoms. The topological polar surface area (TPSA) is 49.4 Å². The quantitative estimate of drug-likeness (QED) is 0.787. The molecule has 116 valence electrons. The van der Waals surface area contributed by atoms with Gasteiger partial charge in [0.15, 0.2) is 0 Å². The first-order valence-corrected chi connectivity index (χ1v) is 6.38. The fourth-order valence-electron chi connectivity index (χ4n) is 2.13. The minimum Gasteiger partial charge on any atom is -0.340 e. The van der Waals surface area contributed by atoms with Gasteiger partial charge in [0.05, 0.1) is 6.54 Å².